The number of halogens is 3. The first kappa shape index (κ1) is 24.1. The topological polar surface area (TPSA) is 110 Å². The fourth-order valence-corrected chi connectivity index (χ4v) is 3.01. The molecule has 0 aliphatic heterocycles. The lowest BCUT2D eigenvalue weighted by atomic mass is 10.1. The smallest absolute Gasteiger partial charge is 0.182 e. The Kier molecular flexibility index (Phi) is 8.28. The van der Waals surface area contributed by atoms with Gasteiger partial charge < -0.3 is 4.74 Å². The SMILES string of the molecule is Cc1cc(N=C(NO)c2nonc2COCCCC(=O)Cc2cc(F)cc(F)c2)ccc1F. The van der Waals surface area contributed by atoms with E-state index in [1.165, 1.54) is 18.2 Å². The summed E-state index contributed by atoms with van der Waals surface area (Å²) >= 11 is 0. The van der Waals surface area contributed by atoms with Crippen LogP contribution in [0.2, 0.25) is 0 Å². The highest BCUT2D eigenvalue weighted by Crippen LogP contribution is 2.18. The Morgan fingerprint density at radius 1 is 1.15 bits per heavy atom. The zero-order chi connectivity index (χ0) is 23.8. The minimum Gasteiger partial charge on any atom is -0.375 e. The van der Waals surface area contributed by atoms with Crippen LogP contribution in [-0.4, -0.2) is 33.7 Å². The molecule has 0 saturated carbocycles. The Hall–Kier alpha value is -3.57. The van der Waals surface area contributed by atoms with Gasteiger partial charge in [0.15, 0.2) is 11.5 Å². The molecule has 0 radical (unpaired) electrons. The van der Waals surface area contributed by atoms with Crippen LogP contribution in [0.3, 0.4) is 0 Å². The van der Waals surface area contributed by atoms with Crippen molar-refractivity contribution in [2.45, 2.75) is 32.8 Å². The van der Waals surface area contributed by atoms with E-state index in [4.69, 9.17) is 9.37 Å². The van der Waals surface area contributed by atoms with E-state index >= 15 is 0 Å². The number of hydrogen-bond acceptors (Lipinski definition) is 7. The molecule has 1 aromatic heterocycles. The largest absolute Gasteiger partial charge is 0.375 e. The second-order valence-electron chi connectivity index (χ2n) is 7.21. The van der Waals surface area contributed by atoms with Crippen LogP contribution in [0, 0.1) is 24.4 Å². The molecule has 33 heavy (non-hydrogen) atoms. The number of aryl methyl sites for hydroxylation is 1. The Morgan fingerprint density at radius 3 is 2.61 bits per heavy atom. The van der Waals surface area contributed by atoms with E-state index in [0.29, 0.717) is 17.7 Å². The van der Waals surface area contributed by atoms with Crippen molar-refractivity contribution in [2.24, 2.45) is 4.99 Å². The molecule has 1 heterocycles. The Morgan fingerprint density at radius 2 is 1.91 bits per heavy atom. The molecule has 0 atom stereocenters. The quantitative estimate of drug-likeness (QED) is 0.203. The highest BCUT2D eigenvalue weighted by Gasteiger charge is 2.17. The Bertz CT molecular complexity index is 1130. The van der Waals surface area contributed by atoms with Gasteiger partial charge in [-0.2, -0.15) is 0 Å². The fraction of sp³-hybridized carbons (Fsp3) is 0.273. The fourth-order valence-electron chi connectivity index (χ4n) is 3.01. The number of Topliss-reactive ketones (excluding diaryl/α,β-unsaturated/α-hetero) is 1. The van der Waals surface area contributed by atoms with Crippen LogP contribution in [0.15, 0.2) is 46.0 Å². The molecule has 3 aromatic rings. The molecule has 2 N–H and O–H groups in total. The summed E-state index contributed by atoms with van der Waals surface area (Å²) in [5.74, 6) is -2.09. The number of ether oxygens (including phenoxy) is 1. The van der Waals surface area contributed by atoms with Crippen LogP contribution < -0.4 is 5.48 Å². The standard InChI is InChI=1S/C22H21F3N4O4/c1-13-7-17(4-5-19(13)25)26-22(27-31)21-20(28-33-29-21)12-32-6-2-3-18(30)10-14-8-15(23)11-16(24)9-14/h4-5,7-9,11,31H,2-3,6,10,12H2,1H3,(H,26,27). The third kappa shape index (κ3) is 6.96. The van der Waals surface area contributed by atoms with Crippen LogP contribution in [0.4, 0.5) is 18.9 Å². The number of benzene rings is 2. The van der Waals surface area contributed by atoms with Crippen molar-refractivity contribution in [3.63, 3.8) is 0 Å². The molecule has 11 heteroatoms. The third-order valence-corrected chi connectivity index (χ3v) is 4.58. The number of rotatable bonds is 10. The van der Waals surface area contributed by atoms with Gasteiger partial charge in [0.05, 0.1) is 12.3 Å². The predicted octanol–water partition coefficient (Wildman–Crippen LogP) is 3.96. The lowest BCUT2D eigenvalue weighted by molar-refractivity contribution is -0.118. The molecule has 8 nitrogen and oxygen atoms in total. The van der Waals surface area contributed by atoms with Crippen LogP contribution in [-0.2, 0) is 22.6 Å². The van der Waals surface area contributed by atoms with Gasteiger partial charge in [0.2, 0.25) is 0 Å². The van der Waals surface area contributed by atoms with E-state index in [9.17, 15) is 23.2 Å². The van der Waals surface area contributed by atoms with E-state index < -0.39 is 11.6 Å². The number of nitrogens with one attached hydrogen (secondary N) is 1. The zero-order valence-electron chi connectivity index (χ0n) is 17.6. The molecular formula is C22H21F3N4O4. The van der Waals surface area contributed by atoms with Gasteiger partial charge in [-0.05, 0) is 60.0 Å². The summed E-state index contributed by atoms with van der Waals surface area (Å²) in [4.78, 5) is 16.2. The molecule has 2 aromatic carbocycles. The summed E-state index contributed by atoms with van der Waals surface area (Å²) in [6, 6.07) is 7.17. The van der Waals surface area contributed by atoms with E-state index in [2.05, 4.69) is 15.3 Å². The number of hydroxylamine groups is 1. The second-order valence-corrected chi connectivity index (χ2v) is 7.21. The van der Waals surface area contributed by atoms with Gasteiger partial charge in [0.25, 0.3) is 0 Å². The third-order valence-electron chi connectivity index (χ3n) is 4.58. The van der Waals surface area contributed by atoms with Crippen molar-refractivity contribution < 1.29 is 32.5 Å². The Labute approximate surface area is 187 Å². The number of nitrogens with zero attached hydrogens (tertiary/aromatic N) is 3. The molecule has 0 unspecified atom stereocenters. The molecule has 0 fully saturated rings. The summed E-state index contributed by atoms with van der Waals surface area (Å²) < 4.78 is 50.0. The molecule has 0 amide bonds. The van der Waals surface area contributed by atoms with Crippen molar-refractivity contribution in [3.8, 4) is 0 Å². The minimum absolute atomic E-state index is 0.0364. The number of amidine groups is 1. The molecule has 0 bridgehead atoms. The molecule has 0 aliphatic carbocycles. The van der Waals surface area contributed by atoms with Crippen molar-refractivity contribution >= 4 is 17.3 Å². The molecule has 0 aliphatic rings. The molecule has 0 spiro atoms. The van der Waals surface area contributed by atoms with Gasteiger partial charge in [-0.15, -0.1) is 0 Å². The maximum atomic E-state index is 13.4. The monoisotopic (exact) mass is 462 g/mol. The average molecular weight is 462 g/mol. The first-order valence-electron chi connectivity index (χ1n) is 9.97. The Balaban J connectivity index is 1.50. The van der Waals surface area contributed by atoms with E-state index in [-0.39, 0.29) is 60.4 Å². The van der Waals surface area contributed by atoms with E-state index in [1.807, 2.05) is 5.48 Å². The predicted molar refractivity (Wildman–Crippen MR) is 111 cm³/mol. The second kappa shape index (κ2) is 11.3. The van der Waals surface area contributed by atoms with Crippen molar-refractivity contribution in [3.05, 3.63) is 76.4 Å². The van der Waals surface area contributed by atoms with Gasteiger partial charge in [-0.3, -0.25) is 15.5 Å². The van der Waals surface area contributed by atoms with Gasteiger partial charge in [-0.1, -0.05) is 5.16 Å². The molecule has 0 saturated heterocycles. The van der Waals surface area contributed by atoms with Gasteiger partial charge in [0.1, 0.15) is 28.9 Å². The summed E-state index contributed by atoms with van der Waals surface area (Å²) in [6.07, 6.45) is 0.471. The number of carbonyl (C=O) groups excluding carboxylic acids is 1. The summed E-state index contributed by atoms with van der Waals surface area (Å²) in [7, 11) is 0. The van der Waals surface area contributed by atoms with Crippen molar-refractivity contribution in [1.82, 2.24) is 15.8 Å². The molecular weight excluding hydrogens is 441 g/mol. The number of ketones is 1. The van der Waals surface area contributed by atoms with E-state index in [1.54, 1.807) is 6.92 Å². The summed E-state index contributed by atoms with van der Waals surface area (Å²) in [5, 5.41) is 16.9. The highest BCUT2D eigenvalue weighted by molar-refractivity contribution is 5.98. The van der Waals surface area contributed by atoms with Crippen LogP contribution in [0.25, 0.3) is 0 Å². The first-order chi connectivity index (χ1) is 15.9. The number of hydrogen-bond donors (Lipinski definition) is 2. The lowest BCUT2D eigenvalue weighted by Gasteiger charge is -2.06. The lowest BCUT2D eigenvalue weighted by Crippen LogP contribution is -2.22. The van der Waals surface area contributed by atoms with Gasteiger partial charge >= 0.3 is 0 Å². The van der Waals surface area contributed by atoms with Crippen LogP contribution in [0.1, 0.15) is 35.4 Å². The maximum Gasteiger partial charge on any atom is 0.182 e. The number of aromatic nitrogens is 2. The molecule has 174 valence electrons. The van der Waals surface area contributed by atoms with E-state index in [0.717, 1.165) is 18.2 Å². The number of carbonyl (C=O) groups is 1. The summed E-state index contributed by atoms with van der Waals surface area (Å²) in [5.41, 5.74) is 3.29. The van der Waals surface area contributed by atoms with Crippen LogP contribution in [0.5, 0.6) is 0 Å². The summed E-state index contributed by atoms with van der Waals surface area (Å²) in [6.45, 7) is 1.75. The average Bonchev–Trinajstić information content (AvgIpc) is 3.22. The molecule has 3 rings (SSSR count). The first-order valence-corrected chi connectivity index (χ1v) is 9.97. The van der Waals surface area contributed by atoms with Crippen molar-refractivity contribution in [1.29, 1.82) is 0 Å². The van der Waals surface area contributed by atoms with Gasteiger partial charge in [0, 0.05) is 25.5 Å². The maximum absolute atomic E-state index is 13.4. The zero-order valence-corrected chi connectivity index (χ0v) is 17.6. The normalized spacial score (nSPS) is 11.6. The van der Waals surface area contributed by atoms with Crippen LogP contribution >= 0.6 is 0 Å². The van der Waals surface area contributed by atoms with Crippen molar-refractivity contribution in [2.75, 3.05) is 6.61 Å². The highest BCUT2D eigenvalue weighted by atomic mass is 19.1. The van der Waals surface area contributed by atoms with Gasteiger partial charge in [-0.25, -0.2) is 22.8 Å². The number of aliphatic imine (C=N–C) groups is 1. The minimum atomic E-state index is -0.729.